The molecule has 39 heavy (non-hydrogen) atoms. The molecule has 1 fully saturated rings. The third-order valence-electron chi connectivity index (χ3n) is 7.16. The molecular weight excluding hydrogens is 555 g/mol. The second-order valence-corrected chi connectivity index (χ2v) is 12.9. The molecule has 0 bridgehead atoms. The molecule has 0 saturated heterocycles. The van der Waals surface area contributed by atoms with Gasteiger partial charge in [0, 0.05) is 30.1 Å². The summed E-state index contributed by atoms with van der Waals surface area (Å²) < 4.78 is 27.5. The van der Waals surface area contributed by atoms with Crippen LogP contribution in [0.4, 0.5) is 0 Å². The van der Waals surface area contributed by atoms with Gasteiger partial charge >= 0.3 is 0 Å². The summed E-state index contributed by atoms with van der Waals surface area (Å²) >= 11 is 12.1. The zero-order chi connectivity index (χ0) is 27.7. The van der Waals surface area contributed by atoms with Crippen LogP contribution in [0.15, 0.2) is 71.8 Å². The van der Waals surface area contributed by atoms with E-state index in [4.69, 9.17) is 23.2 Å². The minimum absolute atomic E-state index is 0.0427. The summed E-state index contributed by atoms with van der Waals surface area (Å²) in [6.45, 7) is 3.32. The molecule has 3 aromatic carbocycles. The van der Waals surface area contributed by atoms with E-state index in [1.54, 1.807) is 54.7 Å². The molecule has 0 unspecified atom stereocenters. The third-order valence-corrected chi connectivity index (χ3v) is 9.52. The van der Waals surface area contributed by atoms with Gasteiger partial charge in [0.05, 0.1) is 26.7 Å². The van der Waals surface area contributed by atoms with Gasteiger partial charge in [-0.15, -0.1) is 0 Å². The number of carbonyl (C=O) groups excluding carboxylic acids is 1. The molecule has 1 aliphatic carbocycles. The zero-order valence-corrected chi connectivity index (χ0v) is 24.1. The average molecular weight is 586 g/mol. The Kier molecular flexibility index (Phi) is 8.01. The van der Waals surface area contributed by atoms with Gasteiger partial charge in [0.15, 0.2) is 0 Å². The molecule has 0 radical (unpaired) electrons. The third kappa shape index (κ3) is 6.30. The van der Waals surface area contributed by atoms with Gasteiger partial charge in [-0.1, -0.05) is 47.0 Å². The maximum Gasteiger partial charge on any atom is 0.283 e. The zero-order valence-electron chi connectivity index (χ0n) is 21.8. The van der Waals surface area contributed by atoms with Crippen LogP contribution in [-0.4, -0.2) is 54.6 Å². The quantitative estimate of drug-likeness (QED) is 0.263. The molecule has 1 heterocycles. The molecule has 5 rings (SSSR count). The summed E-state index contributed by atoms with van der Waals surface area (Å²) in [5.41, 5.74) is 3.00. The van der Waals surface area contributed by atoms with E-state index in [2.05, 4.69) is 22.4 Å². The van der Waals surface area contributed by atoms with Gasteiger partial charge in [0.25, 0.3) is 15.9 Å². The lowest BCUT2D eigenvalue weighted by atomic mass is 10.0. The number of carbonyl (C=O) groups is 1. The number of hydrogen-bond donors (Lipinski definition) is 1. The van der Waals surface area contributed by atoms with Crippen molar-refractivity contribution in [1.29, 1.82) is 0 Å². The van der Waals surface area contributed by atoms with Crippen LogP contribution in [0.1, 0.15) is 34.3 Å². The molecule has 0 spiro atoms. The highest BCUT2D eigenvalue weighted by molar-refractivity contribution is 7.90. The highest BCUT2D eigenvalue weighted by Crippen LogP contribution is 2.30. The summed E-state index contributed by atoms with van der Waals surface area (Å²) in [6.07, 6.45) is 4.72. The highest BCUT2D eigenvalue weighted by Gasteiger charge is 2.27. The van der Waals surface area contributed by atoms with Crippen molar-refractivity contribution in [2.75, 3.05) is 20.1 Å². The molecule has 10 heteroatoms. The molecule has 204 valence electrons. The standard InChI is InChI=1S/C29H30Cl2N4O3S/c1-19-3-9-25(10-4-19)39(37,38)35-28-12-7-21(13-23(28)16-33-35)14-24(34(2)18-20-5-6-20)17-32-29(36)22-8-11-26(30)27(31)15-22/h3-4,7-13,15-16,20,24H,5-6,14,17-18H2,1-2H3,(H,32,36)/t24-/m0/s1. The molecule has 1 saturated carbocycles. The second-order valence-electron chi connectivity index (χ2n) is 10.3. The Balaban J connectivity index is 1.35. The number of aromatic nitrogens is 2. The molecule has 7 nitrogen and oxygen atoms in total. The molecule has 4 aromatic rings. The number of halogens is 2. The van der Waals surface area contributed by atoms with E-state index in [0.29, 0.717) is 40.0 Å². The number of fused-ring (bicyclic) bond motifs is 1. The van der Waals surface area contributed by atoms with Crippen LogP contribution < -0.4 is 5.32 Å². The predicted octanol–water partition coefficient (Wildman–Crippen LogP) is 5.57. The van der Waals surface area contributed by atoms with Crippen molar-refractivity contribution < 1.29 is 13.2 Å². The molecule has 1 aromatic heterocycles. The molecule has 1 atom stereocenters. The fraction of sp³-hybridized carbons (Fsp3) is 0.310. The van der Waals surface area contributed by atoms with E-state index in [0.717, 1.165) is 27.1 Å². The monoisotopic (exact) mass is 584 g/mol. The van der Waals surface area contributed by atoms with Gasteiger partial charge in [-0.25, -0.2) is 0 Å². The molecule has 1 aliphatic rings. The number of nitrogens with zero attached hydrogens (tertiary/aromatic N) is 3. The number of aryl methyl sites for hydroxylation is 1. The Hall–Kier alpha value is -2.91. The Labute approximate surface area is 238 Å². The lowest BCUT2D eigenvalue weighted by molar-refractivity contribution is 0.0937. The van der Waals surface area contributed by atoms with Crippen LogP contribution >= 0.6 is 23.2 Å². The van der Waals surface area contributed by atoms with Crippen LogP contribution in [0, 0.1) is 12.8 Å². The van der Waals surface area contributed by atoms with Crippen molar-refractivity contribution in [3.05, 3.63) is 93.6 Å². The second kappa shape index (κ2) is 11.3. The van der Waals surface area contributed by atoms with Gasteiger partial charge in [-0.3, -0.25) is 4.79 Å². The number of benzene rings is 3. The van der Waals surface area contributed by atoms with Crippen LogP contribution in [0.3, 0.4) is 0 Å². The van der Waals surface area contributed by atoms with Crippen LogP contribution in [0.5, 0.6) is 0 Å². The van der Waals surface area contributed by atoms with Crippen molar-refractivity contribution in [2.24, 2.45) is 5.92 Å². The van der Waals surface area contributed by atoms with Crippen LogP contribution in [-0.2, 0) is 16.4 Å². The van der Waals surface area contributed by atoms with Gasteiger partial charge in [-0.05, 0) is 87.2 Å². The highest BCUT2D eigenvalue weighted by atomic mass is 35.5. The lowest BCUT2D eigenvalue weighted by Gasteiger charge is -2.28. The Morgan fingerprint density at radius 3 is 2.51 bits per heavy atom. The van der Waals surface area contributed by atoms with E-state index >= 15 is 0 Å². The summed E-state index contributed by atoms with van der Waals surface area (Å²) in [7, 11) is -1.73. The maximum absolute atomic E-state index is 13.2. The summed E-state index contributed by atoms with van der Waals surface area (Å²) in [5, 5.41) is 8.75. The van der Waals surface area contributed by atoms with Gasteiger partial charge in [0.2, 0.25) is 0 Å². The van der Waals surface area contributed by atoms with E-state index in [9.17, 15) is 13.2 Å². The first kappa shape index (κ1) is 27.6. The van der Waals surface area contributed by atoms with Gasteiger partial charge < -0.3 is 10.2 Å². The van der Waals surface area contributed by atoms with E-state index in [1.165, 1.54) is 12.8 Å². The first-order valence-electron chi connectivity index (χ1n) is 12.8. The summed E-state index contributed by atoms with van der Waals surface area (Å²) in [4.78, 5) is 15.3. The largest absolute Gasteiger partial charge is 0.350 e. The maximum atomic E-state index is 13.2. The normalized spacial score (nSPS) is 14.6. The Morgan fingerprint density at radius 1 is 1.08 bits per heavy atom. The Bertz CT molecular complexity index is 1620. The minimum atomic E-state index is -3.81. The molecular formula is C29H30Cl2N4O3S. The van der Waals surface area contributed by atoms with Gasteiger partial charge in [-0.2, -0.15) is 17.6 Å². The van der Waals surface area contributed by atoms with Crippen molar-refractivity contribution >= 4 is 50.0 Å². The van der Waals surface area contributed by atoms with E-state index in [1.807, 2.05) is 19.1 Å². The number of nitrogens with one attached hydrogen (secondary N) is 1. The summed E-state index contributed by atoms with van der Waals surface area (Å²) in [6, 6.07) is 17.3. The van der Waals surface area contributed by atoms with Crippen molar-refractivity contribution in [3.8, 4) is 0 Å². The molecule has 0 aliphatic heterocycles. The van der Waals surface area contributed by atoms with Crippen molar-refractivity contribution in [2.45, 2.75) is 37.1 Å². The van der Waals surface area contributed by atoms with Crippen molar-refractivity contribution in [3.63, 3.8) is 0 Å². The smallest absolute Gasteiger partial charge is 0.283 e. The fourth-order valence-electron chi connectivity index (χ4n) is 4.65. The number of rotatable bonds is 10. The number of amides is 1. The topological polar surface area (TPSA) is 84.3 Å². The van der Waals surface area contributed by atoms with Gasteiger partial charge in [0.1, 0.15) is 0 Å². The van der Waals surface area contributed by atoms with E-state index < -0.39 is 10.0 Å². The lowest BCUT2D eigenvalue weighted by Crippen LogP contribution is -2.44. The fourth-order valence-corrected chi connectivity index (χ4v) is 6.22. The first-order valence-corrected chi connectivity index (χ1v) is 15.0. The molecule has 1 N–H and O–H groups in total. The Morgan fingerprint density at radius 2 is 1.82 bits per heavy atom. The SMILES string of the molecule is Cc1ccc(S(=O)(=O)n2ncc3cc(C[C@@H](CNC(=O)c4ccc(Cl)c(Cl)c4)N(C)CC4CC4)ccc32)cc1. The van der Waals surface area contributed by atoms with Crippen LogP contribution in [0.2, 0.25) is 10.0 Å². The van der Waals surface area contributed by atoms with Crippen LogP contribution in [0.25, 0.3) is 10.9 Å². The summed E-state index contributed by atoms with van der Waals surface area (Å²) in [5.74, 6) is 0.479. The predicted molar refractivity (Wildman–Crippen MR) is 155 cm³/mol. The number of likely N-dealkylation sites (N-methyl/N-ethyl adjacent to an activating group) is 1. The first-order chi connectivity index (χ1) is 18.6. The average Bonchev–Trinajstić information content (AvgIpc) is 3.62. The van der Waals surface area contributed by atoms with Crippen molar-refractivity contribution in [1.82, 2.24) is 19.4 Å². The molecule has 1 amide bonds. The minimum Gasteiger partial charge on any atom is -0.350 e. The number of hydrogen-bond acceptors (Lipinski definition) is 5. The van der Waals surface area contributed by atoms with E-state index in [-0.39, 0.29) is 16.8 Å².